The molecule has 0 fully saturated rings. The van der Waals surface area contributed by atoms with Crippen LogP contribution < -0.4 is 11.1 Å². The predicted octanol–water partition coefficient (Wildman–Crippen LogP) is 1.67. The minimum absolute atomic E-state index is 0.434. The fourth-order valence-electron chi connectivity index (χ4n) is 1.84. The van der Waals surface area contributed by atoms with Gasteiger partial charge in [0, 0.05) is 18.7 Å². The standard InChI is InChI=1S/C14H16N2O2S/c15-14(18)12-4-2-1-3-10(12)7-16-8-13(17)11-5-6-19-9-11/h1-6,9,13,16-17H,7-8H2,(H2,15,18). The molecule has 1 heterocycles. The van der Waals surface area contributed by atoms with Gasteiger partial charge < -0.3 is 16.2 Å². The Morgan fingerprint density at radius 3 is 2.84 bits per heavy atom. The van der Waals surface area contributed by atoms with Gasteiger partial charge in [0.25, 0.3) is 0 Å². The summed E-state index contributed by atoms with van der Waals surface area (Å²) < 4.78 is 0. The fourth-order valence-corrected chi connectivity index (χ4v) is 2.55. The Hall–Kier alpha value is -1.69. The van der Waals surface area contributed by atoms with Crippen LogP contribution in [0, 0.1) is 0 Å². The minimum atomic E-state index is -0.535. The number of amides is 1. The predicted molar refractivity (Wildman–Crippen MR) is 75.9 cm³/mol. The number of carbonyl (C=O) groups is 1. The van der Waals surface area contributed by atoms with Crippen LogP contribution in [0.1, 0.15) is 27.6 Å². The van der Waals surface area contributed by atoms with Crippen LogP contribution in [0.25, 0.3) is 0 Å². The van der Waals surface area contributed by atoms with Crippen LogP contribution in [0.4, 0.5) is 0 Å². The average Bonchev–Trinajstić information content (AvgIpc) is 2.93. The summed E-state index contributed by atoms with van der Waals surface area (Å²) in [5, 5.41) is 16.9. The topological polar surface area (TPSA) is 75.4 Å². The number of primary amides is 1. The van der Waals surface area contributed by atoms with Crippen molar-refractivity contribution < 1.29 is 9.90 Å². The van der Waals surface area contributed by atoms with E-state index in [1.165, 1.54) is 0 Å². The Labute approximate surface area is 115 Å². The van der Waals surface area contributed by atoms with Crippen molar-refractivity contribution in [2.24, 2.45) is 5.73 Å². The third-order valence-corrected chi connectivity index (χ3v) is 3.57. The van der Waals surface area contributed by atoms with Crippen LogP contribution in [-0.2, 0) is 6.54 Å². The molecule has 4 nitrogen and oxygen atoms in total. The fraction of sp³-hybridized carbons (Fsp3) is 0.214. The molecule has 100 valence electrons. The molecule has 0 aliphatic rings. The van der Waals surface area contributed by atoms with Gasteiger partial charge >= 0.3 is 0 Å². The van der Waals surface area contributed by atoms with E-state index in [1.807, 2.05) is 29.0 Å². The normalized spacial score (nSPS) is 12.3. The van der Waals surface area contributed by atoms with E-state index in [2.05, 4.69) is 5.32 Å². The average molecular weight is 276 g/mol. The number of thiophene rings is 1. The van der Waals surface area contributed by atoms with Crippen molar-refractivity contribution >= 4 is 17.2 Å². The first-order valence-corrected chi connectivity index (χ1v) is 6.91. The lowest BCUT2D eigenvalue weighted by Crippen LogP contribution is -2.23. The molecule has 0 aliphatic carbocycles. The lowest BCUT2D eigenvalue weighted by Gasteiger charge is -2.12. The van der Waals surface area contributed by atoms with E-state index in [0.29, 0.717) is 18.7 Å². The van der Waals surface area contributed by atoms with E-state index in [9.17, 15) is 9.90 Å². The zero-order valence-electron chi connectivity index (χ0n) is 10.4. The number of aliphatic hydroxyl groups is 1. The first kappa shape index (κ1) is 13.7. The van der Waals surface area contributed by atoms with Crippen molar-refractivity contribution in [3.63, 3.8) is 0 Å². The molecule has 2 rings (SSSR count). The van der Waals surface area contributed by atoms with Crippen LogP contribution in [0.5, 0.6) is 0 Å². The van der Waals surface area contributed by atoms with E-state index in [0.717, 1.165) is 11.1 Å². The number of hydrogen-bond donors (Lipinski definition) is 3. The maximum Gasteiger partial charge on any atom is 0.249 e. The molecule has 4 N–H and O–H groups in total. The van der Waals surface area contributed by atoms with E-state index in [-0.39, 0.29) is 0 Å². The molecule has 0 saturated carbocycles. The lowest BCUT2D eigenvalue weighted by molar-refractivity contribution is 0.0999. The minimum Gasteiger partial charge on any atom is -0.387 e. The monoisotopic (exact) mass is 276 g/mol. The summed E-state index contributed by atoms with van der Waals surface area (Å²) in [6.45, 7) is 0.935. The van der Waals surface area contributed by atoms with Gasteiger partial charge in [0.15, 0.2) is 0 Å². The Kier molecular flexibility index (Phi) is 4.68. The number of rotatable bonds is 6. The summed E-state index contributed by atoms with van der Waals surface area (Å²) in [5.74, 6) is -0.434. The van der Waals surface area contributed by atoms with Gasteiger partial charge in [0.05, 0.1) is 6.10 Å². The Bertz CT molecular complexity index is 540. The van der Waals surface area contributed by atoms with Gasteiger partial charge in [-0.3, -0.25) is 4.79 Å². The third-order valence-electron chi connectivity index (χ3n) is 2.86. The summed E-state index contributed by atoms with van der Waals surface area (Å²) in [6.07, 6.45) is -0.535. The van der Waals surface area contributed by atoms with E-state index in [4.69, 9.17) is 5.73 Å². The molecule has 0 saturated heterocycles. The second kappa shape index (κ2) is 6.47. The van der Waals surface area contributed by atoms with Gasteiger partial charge in [-0.2, -0.15) is 11.3 Å². The Balaban J connectivity index is 1.91. The van der Waals surface area contributed by atoms with Crippen molar-refractivity contribution in [1.82, 2.24) is 5.32 Å². The molecular weight excluding hydrogens is 260 g/mol. The quantitative estimate of drug-likeness (QED) is 0.751. The van der Waals surface area contributed by atoms with E-state index in [1.54, 1.807) is 23.5 Å². The molecule has 1 amide bonds. The van der Waals surface area contributed by atoms with Gasteiger partial charge in [0.1, 0.15) is 0 Å². The molecular formula is C14H16N2O2S. The van der Waals surface area contributed by atoms with E-state index < -0.39 is 12.0 Å². The summed E-state index contributed by atoms with van der Waals surface area (Å²) in [4.78, 5) is 11.3. The second-order valence-electron chi connectivity index (χ2n) is 4.22. The number of benzene rings is 1. The molecule has 0 spiro atoms. The van der Waals surface area contributed by atoms with Gasteiger partial charge in [-0.1, -0.05) is 18.2 Å². The highest BCUT2D eigenvalue weighted by atomic mass is 32.1. The second-order valence-corrected chi connectivity index (χ2v) is 5.00. The molecule has 0 bridgehead atoms. The van der Waals surface area contributed by atoms with Crippen molar-refractivity contribution in [3.05, 3.63) is 57.8 Å². The number of aliphatic hydroxyl groups excluding tert-OH is 1. The highest BCUT2D eigenvalue weighted by Crippen LogP contribution is 2.15. The molecule has 1 aromatic heterocycles. The van der Waals surface area contributed by atoms with Crippen molar-refractivity contribution in [3.8, 4) is 0 Å². The largest absolute Gasteiger partial charge is 0.387 e. The summed E-state index contributed by atoms with van der Waals surface area (Å²) in [6, 6.07) is 9.09. The number of carbonyl (C=O) groups excluding carboxylic acids is 1. The highest BCUT2D eigenvalue weighted by molar-refractivity contribution is 7.07. The molecule has 1 unspecified atom stereocenters. The van der Waals surface area contributed by atoms with Crippen LogP contribution >= 0.6 is 11.3 Å². The molecule has 0 aliphatic heterocycles. The maximum absolute atomic E-state index is 11.3. The zero-order chi connectivity index (χ0) is 13.7. The number of nitrogens with two attached hydrogens (primary N) is 1. The first-order chi connectivity index (χ1) is 9.18. The lowest BCUT2D eigenvalue weighted by atomic mass is 10.1. The van der Waals surface area contributed by atoms with Crippen molar-refractivity contribution in [2.45, 2.75) is 12.6 Å². The number of hydrogen-bond acceptors (Lipinski definition) is 4. The molecule has 19 heavy (non-hydrogen) atoms. The Morgan fingerprint density at radius 1 is 1.37 bits per heavy atom. The third kappa shape index (κ3) is 3.64. The number of nitrogens with one attached hydrogen (secondary N) is 1. The molecule has 1 atom stereocenters. The molecule has 2 aromatic rings. The molecule has 1 aromatic carbocycles. The van der Waals surface area contributed by atoms with Crippen LogP contribution in [-0.4, -0.2) is 17.6 Å². The molecule has 5 heteroatoms. The van der Waals surface area contributed by atoms with Crippen molar-refractivity contribution in [1.29, 1.82) is 0 Å². The summed E-state index contributed by atoms with van der Waals surface area (Å²) in [7, 11) is 0. The van der Waals surface area contributed by atoms with Gasteiger partial charge in [-0.25, -0.2) is 0 Å². The van der Waals surface area contributed by atoms with Gasteiger partial charge in [-0.05, 0) is 34.0 Å². The van der Waals surface area contributed by atoms with Crippen LogP contribution in [0.15, 0.2) is 41.1 Å². The van der Waals surface area contributed by atoms with Crippen LogP contribution in [0.3, 0.4) is 0 Å². The van der Waals surface area contributed by atoms with Gasteiger partial charge in [-0.15, -0.1) is 0 Å². The summed E-state index contributed by atoms with van der Waals surface area (Å²) in [5.41, 5.74) is 7.57. The van der Waals surface area contributed by atoms with Crippen LogP contribution in [0.2, 0.25) is 0 Å². The highest BCUT2D eigenvalue weighted by Gasteiger charge is 2.09. The van der Waals surface area contributed by atoms with Crippen molar-refractivity contribution in [2.75, 3.05) is 6.54 Å². The van der Waals surface area contributed by atoms with E-state index >= 15 is 0 Å². The first-order valence-electron chi connectivity index (χ1n) is 5.97. The van der Waals surface area contributed by atoms with Gasteiger partial charge in [0.2, 0.25) is 5.91 Å². The smallest absolute Gasteiger partial charge is 0.249 e. The molecule has 0 radical (unpaired) electrons. The Morgan fingerprint density at radius 2 is 2.16 bits per heavy atom. The SMILES string of the molecule is NC(=O)c1ccccc1CNCC(O)c1ccsc1. The summed E-state index contributed by atoms with van der Waals surface area (Å²) >= 11 is 1.56. The zero-order valence-corrected chi connectivity index (χ0v) is 11.2. The maximum atomic E-state index is 11.3.